The van der Waals surface area contributed by atoms with Crippen LogP contribution in [0.5, 0.6) is 0 Å². The second-order valence-corrected chi connectivity index (χ2v) is 3.79. The standard InChI is InChI=1S/C13H15NO2/c1-2-3-9-13(10-14,12(15)16)11-7-5-4-6-8-11/h4-8H,2-3,9H2,1H3,(H,15,16). The third-order valence-electron chi connectivity index (χ3n) is 2.73. The molecule has 1 aromatic carbocycles. The Hall–Kier alpha value is -1.82. The predicted molar refractivity (Wildman–Crippen MR) is 60.9 cm³/mol. The van der Waals surface area contributed by atoms with Crippen molar-refractivity contribution in [1.29, 1.82) is 5.26 Å². The number of carboxylic acid groups (broad SMARTS) is 1. The minimum absolute atomic E-state index is 0.360. The number of aliphatic carboxylic acids is 1. The summed E-state index contributed by atoms with van der Waals surface area (Å²) in [5.74, 6) is -1.06. The largest absolute Gasteiger partial charge is 0.480 e. The molecule has 0 fully saturated rings. The summed E-state index contributed by atoms with van der Waals surface area (Å²) in [7, 11) is 0. The van der Waals surface area contributed by atoms with Crippen molar-refractivity contribution in [1.82, 2.24) is 0 Å². The summed E-state index contributed by atoms with van der Waals surface area (Å²) in [5.41, 5.74) is -0.824. The maximum Gasteiger partial charge on any atom is 0.328 e. The van der Waals surface area contributed by atoms with Gasteiger partial charge >= 0.3 is 5.97 Å². The molecule has 0 aromatic heterocycles. The predicted octanol–water partition coefficient (Wildman–Crippen LogP) is 2.72. The Morgan fingerprint density at radius 2 is 2.06 bits per heavy atom. The van der Waals surface area contributed by atoms with Gasteiger partial charge in [0.05, 0.1) is 6.07 Å². The van der Waals surface area contributed by atoms with Crippen molar-refractivity contribution in [3.63, 3.8) is 0 Å². The molecule has 1 rings (SSSR count). The van der Waals surface area contributed by atoms with Gasteiger partial charge in [-0.25, -0.2) is 0 Å². The van der Waals surface area contributed by atoms with Gasteiger partial charge in [0.15, 0.2) is 5.41 Å². The van der Waals surface area contributed by atoms with Crippen LogP contribution in [0.15, 0.2) is 30.3 Å². The van der Waals surface area contributed by atoms with Gasteiger partial charge in [-0.1, -0.05) is 50.1 Å². The van der Waals surface area contributed by atoms with E-state index in [1.807, 2.05) is 19.1 Å². The molecule has 0 aliphatic rings. The van der Waals surface area contributed by atoms with Crippen molar-refractivity contribution in [3.8, 4) is 6.07 Å². The molecule has 1 atom stereocenters. The number of carboxylic acids is 1. The molecule has 0 saturated carbocycles. The topological polar surface area (TPSA) is 61.1 Å². The van der Waals surface area contributed by atoms with Gasteiger partial charge in [-0.15, -0.1) is 0 Å². The van der Waals surface area contributed by atoms with Crippen LogP contribution < -0.4 is 0 Å². The first-order valence-electron chi connectivity index (χ1n) is 5.37. The van der Waals surface area contributed by atoms with E-state index >= 15 is 0 Å². The van der Waals surface area contributed by atoms with Crippen LogP contribution in [0.2, 0.25) is 0 Å². The van der Waals surface area contributed by atoms with E-state index < -0.39 is 11.4 Å². The average molecular weight is 217 g/mol. The summed E-state index contributed by atoms with van der Waals surface area (Å²) in [6, 6.07) is 10.7. The van der Waals surface area contributed by atoms with Crippen molar-refractivity contribution in [2.75, 3.05) is 0 Å². The van der Waals surface area contributed by atoms with Crippen molar-refractivity contribution in [2.45, 2.75) is 31.6 Å². The molecule has 0 spiro atoms. The van der Waals surface area contributed by atoms with E-state index in [1.54, 1.807) is 24.3 Å². The normalized spacial score (nSPS) is 13.8. The minimum atomic E-state index is -1.39. The summed E-state index contributed by atoms with van der Waals surface area (Å²) in [5, 5.41) is 18.5. The molecule has 3 nitrogen and oxygen atoms in total. The molecule has 1 aromatic rings. The second-order valence-electron chi connectivity index (χ2n) is 3.79. The molecule has 16 heavy (non-hydrogen) atoms. The summed E-state index contributed by atoms with van der Waals surface area (Å²) in [6.45, 7) is 1.98. The molecule has 0 heterocycles. The Kier molecular flexibility index (Phi) is 4.07. The molecule has 0 aliphatic carbocycles. The van der Waals surface area contributed by atoms with E-state index in [0.717, 1.165) is 12.8 Å². The zero-order chi connectivity index (χ0) is 12.0. The van der Waals surface area contributed by atoms with Crippen LogP contribution in [-0.2, 0) is 10.2 Å². The first-order chi connectivity index (χ1) is 7.67. The first-order valence-corrected chi connectivity index (χ1v) is 5.37. The lowest BCUT2D eigenvalue weighted by Crippen LogP contribution is -2.34. The molecule has 0 aliphatic heterocycles. The molecular weight excluding hydrogens is 202 g/mol. The summed E-state index contributed by atoms with van der Waals surface area (Å²) in [6.07, 6.45) is 1.97. The molecule has 1 N–H and O–H groups in total. The number of rotatable bonds is 5. The first kappa shape index (κ1) is 12.3. The highest BCUT2D eigenvalue weighted by Gasteiger charge is 2.39. The Bertz CT molecular complexity index is 394. The fourth-order valence-electron chi connectivity index (χ4n) is 1.71. The second kappa shape index (κ2) is 5.32. The molecule has 0 bridgehead atoms. The molecule has 3 heteroatoms. The highest BCUT2D eigenvalue weighted by molar-refractivity contribution is 5.85. The Labute approximate surface area is 95.3 Å². The van der Waals surface area contributed by atoms with Gasteiger partial charge in [-0.2, -0.15) is 5.26 Å². The highest BCUT2D eigenvalue weighted by Crippen LogP contribution is 2.29. The van der Waals surface area contributed by atoms with Gasteiger partial charge in [0.25, 0.3) is 0 Å². The lowest BCUT2D eigenvalue weighted by atomic mass is 9.78. The molecule has 0 saturated heterocycles. The number of nitriles is 1. The lowest BCUT2D eigenvalue weighted by Gasteiger charge is -2.21. The Balaban J connectivity index is 3.14. The molecule has 0 radical (unpaired) electrons. The fraction of sp³-hybridized carbons (Fsp3) is 0.385. The smallest absolute Gasteiger partial charge is 0.328 e. The van der Waals surface area contributed by atoms with Crippen LogP contribution in [0.1, 0.15) is 31.7 Å². The van der Waals surface area contributed by atoms with Gasteiger partial charge < -0.3 is 5.11 Å². The van der Waals surface area contributed by atoms with Crippen molar-refractivity contribution >= 4 is 5.97 Å². The van der Waals surface area contributed by atoms with Crippen molar-refractivity contribution < 1.29 is 9.90 Å². The molecular formula is C13H15NO2. The van der Waals surface area contributed by atoms with Gasteiger partial charge in [-0.05, 0) is 12.0 Å². The van der Waals surface area contributed by atoms with Crippen LogP contribution >= 0.6 is 0 Å². The van der Waals surface area contributed by atoms with Gasteiger partial charge in [-0.3, -0.25) is 4.79 Å². The maximum atomic E-state index is 11.3. The van der Waals surface area contributed by atoms with Crippen LogP contribution in [0, 0.1) is 11.3 Å². The average Bonchev–Trinajstić information content (AvgIpc) is 2.31. The van der Waals surface area contributed by atoms with E-state index in [1.165, 1.54) is 0 Å². The number of carbonyl (C=O) groups is 1. The zero-order valence-electron chi connectivity index (χ0n) is 9.31. The van der Waals surface area contributed by atoms with Crippen LogP contribution in [-0.4, -0.2) is 11.1 Å². The number of unbranched alkanes of at least 4 members (excludes halogenated alkanes) is 1. The van der Waals surface area contributed by atoms with Crippen molar-refractivity contribution in [2.24, 2.45) is 0 Å². The monoisotopic (exact) mass is 217 g/mol. The van der Waals surface area contributed by atoms with Crippen LogP contribution in [0.25, 0.3) is 0 Å². The van der Waals surface area contributed by atoms with E-state index in [2.05, 4.69) is 0 Å². The van der Waals surface area contributed by atoms with E-state index in [4.69, 9.17) is 0 Å². The summed E-state index contributed by atoms with van der Waals surface area (Å²) >= 11 is 0. The summed E-state index contributed by atoms with van der Waals surface area (Å²) in [4.78, 5) is 11.3. The zero-order valence-corrected chi connectivity index (χ0v) is 9.31. The third kappa shape index (κ3) is 2.22. The highest BCUT2D eigenvalue weighted by atomic mass is 16.4. The quantitative estimate of drug-likeness (QED) is 0.824. The van der Waals surface area contributed by atoms with Crippen molar-refractivity contribution in [3.05, 3.63) is 35.9 Å². The summed E-state index contributed by atoms with van der Waals surface area (Å²) < 4.78 is 0. The molecule has 0 amide bonds. The van der Waals surface area contributed by atoms with Crippen LogP contribution in [0.4, 0.5) is 0 Å². The maximum absolute atomic E-state index is 11.3. The third-order valence-corrected chi connectivity index (χ3v) is 2.73. The number of hydrogen-bond donors (Lipinski definition) is 1. The number of benzene rings is 1. The van der Waals surface area contributed by atoms with E-state index in [0.29, 0.717) is 12.0 Å². The van der Waals surface area contributed by atoms with Gasteiger partial charge in [0.1, 0.15) is 0 Å². The van der Waals surface area contributed by atoms with Gasteiger partial charge in [0, 0.05) is 0 Å². The number of hydrogen-bond acceptors (Lipinski definition) is 2. The Morgan fingerprint density at radius 3 is 2.50 bits per heavy atom. The van der Waals surface area contributed by atoms with Crippen LogP contribution in [0.3, 0.4) is 0 Å². The lowest BCUT2D eigenvalue weighted by molar-refractivity contribution is -0.141. The minimum Gasteiger partial charge on any atom is -0.480 e. The van der Waals surface area contributed by atoms with Gasteiger partial charge in [0.2, 0.25) is 0 Å². The Morgan fingerprint density at radius 1 is 1.44 bits per heavy atom. The molecule has 84 valence electrons. The fourth-order valence-corrected chi connectivity index (χ4v) is 1.71. The SMILES string of the molecule is CCCCC(C#N)(C(=O)O)c1ccccc1. The number of nitrogens with zero attached hydrogens (tertiary/aromatic N) is 1. The van der Waals surface area contributed by atoms with E-state index in [-0.39, 0.29) is 0 Å². The molecule has 1 unspecified atom stereocenters. The van der Waals surface area contributed by atoms with E-state index in [9.17, 15) is 15.2 Å².